The van der Waals surface area contributed by atoms with Crippen molar-refractivity contribution in [2.45, 2.75) is 25.9 Å². The molecule has 0 saturated carbocycles. The molecule has 4 rings (SSSR count). The molecular weight excluding hydrogens is 376 g/mol. The smallest absolute Gasteiger partial charge is 0.251 e. The van der Waals surface area contributed by atoms with Gasteiger partial charge in [-0.25, -0.2) is 0 Å². The van der Waals surface area contributed by atoms with E-state index < -0.39 is 0 Å². The van der Waals surface area contributed by atoms with E-state index in [0.717, 1.165) is 28.1 Å². The van der Waals surface area contributed by atoms with Crippen molar-refractivity contribution in [1.29, 1.82) is 0 Å². The Hall–Kier alpha value is -3.60. The lowest BCUT2D eigenvalue weighted by Gasteiger charge is -2.18. The van der Waals surface area contributed by atoms with Gasteiger partial charge >= 0.3 is 0 Å². The van der Waals surface area contributed by atoms with Crippen LogP contribution in [0.2, 0.25) is 0 Å². The second-order valence-corrected chi connectivity index (χ2v) is 7.45. The van der Waals surface area contributed by atoms with Crippen molar-refractivity contribution in [3.8, 4) is 5.75 Å². The van der Waals surface area contributed by atoms with Crippen LogP contribution >= 0.6 is 0 Å². The van der Waals surface area contributed by atoms with E-state index in [9.17, 15) is 9.59 Å². The minimum Gasteiger partial charge on any atom is -0.497 e. The van der Waals surface area contributed by atoms with E-state index in [1.165, 1.54) is 0 Å². The third kappa shape index (κ3) is 4.06. The number of nitrogens with one attached hydrogen (secondary N) is 1. The maximum absolute atomic E-state index is 12.8. The van der Waals surface area contributed by atoms with Crippen molar-refractivity contribution >= 4 is 17.5 Å². The van der Waals surface area contributed by atoms with E-state index in [1.54, 1.807) is 18.1 Å². The van der Waals surface area contributed by atoms with Crippen LogP contribution in [0.4, 0.5) is 5.69 Å². The molecule has 1 unspecified atom stereocenters. The predicted molar refractivity (Wildman–Crippen MR) is 117 cm³/mol. The van der Waals surface area contributed by atoms with Crippen LogP contribution in [0.3, 0.4) is 0 Å². The lowest BCUT2D eigenvalue weighted by atomic mass is 10.1. The summed E-state index contributed by atoms with van der Waals surface area (Å²) >= 11 is 0. The molecule has 1 heterocycles. The van der Waals surface area contributed by atoms with Gasteiger partial charge in [0.05, 0.1) is 26.1 Å². The van der Waals surface area contributed by atoms with Gasteiger partial charge in [0.15, 0.2) is 0 Å². The average Bonchev–Trinajstić information content (AvgIpc) is 3.08. The molecule has 1 atom stereocenters. The summed E-state index contributed by atoms with van der Waals surface area (Å²) in [7, 11) is 1.62. The van der Waals surface area contributed by atoms with E-state index in [1.807, 2.05) is 73.7 Å². The molecule has 0 saturated heterocycles. The summed E-state index contributed by atoms with van der Waals surface area (Å²) in [6, 6.07) is 22.9. The van der Waals surface area contributed by atoms with Crippen molar-refractivity contribution in [3.63, 3.8) is 0 Å². The normalized spacial score (nSPS) is 13.7. The minimum atomic E-state index is -0.157. The number of benzene rings is 3. The van der Waals surface area contributed by atoms with Crippen molar-refractivity contribution in [3.05, 3.63) is 95.1 Å². The van der Waals surface area contributed by atoms with Crippen LogP contribution < -0.4 is 15.0 Å². The van der Waals surface area contributed by atoms with Gasteiger partial charge in [0, 0.05) is 11.3 Å². The van der Waals surface area contributed by atoms with Gasteiger partial charge in [0.2, 0.25) is 5.91 Å². The maximum Gasteiger partial charge on any atom is 0.251 e. The third-order valence-electron chi connectivity index (χ3n) is 5.42. The van der Waals surface area contributed by atoms with Crippen LogP contribution in [0.25, 0.3) is 0 Å². The Morgan fingerprint density at radius 2 is 1.80 bits per heavy atom. The molecule has 3 aromatic carbocycles. The van der Waals surface area contributed by atoms with Gasteiger partial charge < -0.3 is 15.0 Å². The second-order valence-electron chi connectivity index (χ2n) is 7.45. The third-order valence-corrected chi connectivity index (χ3v) is 5.42. The highest BCUT2D eigenvalue weighted by atomic mass is 16.5. The van der Waals surface area contributed by atoms with E-state index in [4.69, 9.17) is 4.74 Å². The average molecular weight is 400 g/mol. The summed E-state index contributed by atoms with van der Waals surface area (Å²) in [5, 5.41) is 3.03. The Bertz CT molecular complexity index is 1060. The van der Waals surface area contributed by atoms with Gasteiger partial charge in [0.25, 0.3) is 5.91 Å². The molecule has 0 spiro atoms. The number of amides is 2. The number of ether oxygens (including phenoxy) is 1. The summed E-state index contributed by atoms with van der Waals surface area (Å²) in [5.74, 6) is 0.675. The molecule has 0 bridgehead atoms. The number of carbonyl (C=O) groups is 2. The first-order valence-corrected chi connectivity index (χ1v) is 9.97. The Morgan fingerprint density at radius 1 is 1.07 bits per heavy atom. The maximum atomic E-state index is 12.8. The quantitative estimate of drug-likeness (QED) is 0.672. The summed E-state index contributed by atoms with van der Waals surface area (Å²) in [6.07, 6.45) is 0.317. The number of anilines is 1. The van der Waals surface area contributed by atoms with Crippen molar-refractivity contribution < 1.29 is 14.3 Å². The Balaban J connectivity index is 1.47. The Morgan fingerprint density at radius 3 is 2.50 bits per heavy atom. The van der Waals surface area contributed by atoms with Crippen LogP contribution in [0.5, 0.6) is 5.75 Å². The standard InChI is InChI=1S/C25H24N2O3/c1-17(19-8-11-22(30-2)12-9-19)26-25(29)20-10-13-23-21(14-20)15-24(28)27(23)16-18-6-4-3-5-7-18/h3-14,17H,15-16H2,1-2H3,(H,26,29). The number of rotatable bonds is 6. The van der Waals surface area contributed by atoms with Crippen LogP contribution in [-0.2, 0) is 17.8 Å². The fraction of sp³-hybridized carbons (Fsp3) is 0.200. The molecule has 0 radical (unpaired) electrons. The largest absolute Gasteiger partial charge is 0.497 e. The summed E-state index contributed by atoms with van der Waals surface area (Å²) < 4.78 is 5.18. The van der Waals surface area contributed by atoms with Crippen molar-refractivity contribution in [2.75, 3.05) is 12.0 Å². The van der Waals surface area contributed by atoms with Crippen molar-refractivity contribution in [1.82, 2.24) is 5.32 Å². The number of hydrogen-bond donors (Lipinski definition) is 1. The molecule has 30 heavy (non-hydrogen) atoms. The summed E-state index contributed by atoms with van der Waals surface area (Å²) in [6.45, 7) is 2.48. The second kappa shape index (κ2) is 8.41. The Labute approximate surface area is 176 Å². The van der Waals surface area contributed by atoms with E-state index >= 15 is 0 Å². The molecule has 5 heteroatoms. The molecule has 0 aliphatic carbocycles. The van der Waals surface area contributed by atoms with E-state index in [0.29, 0.717) is 18.5 Å². The summed E-state index contributed by atoms with van der Waals surface area (Å²) in [5.41, 5.74) is 4.40. The number of carbonyl (C=O) groups excluding carboxylic acids is 2. The highest BCUT2D eigenvalue weighted by Gasteiger charge is 2.28. The first-order chi connectivity index (χ1) is 14.5. The highest BCUT2D eigenvalue weighted by Crippen LogP contribution is 2.31. The molecule has 2 amide bonds. The van der Waals surface area contributed by atoms with Gasteiger partial charge in [-0.05, 0) is 53.9 Å². The molecular formula is C25H24N2O3. The molecule has 152 valence electrons. The molecule has 5 nitrogen and oxygen atoms in total. The van der Waals surface area contributed by atoms with E-state index in [-0.39, 0.29) is 17.9 Å². The molecule has 1 aliphatic heterocycles. The van der Waals surface area contributed by atoms with Gasteiger partial charge in [0.1, 0.15) is 5.75 Å². The zero-order chi connectivity index (χ0) is 21.1. The van der Waals surface area contributed by atoms with Crippen LogP contribution in [0.15, 0.2) is 72.8 Å². The van der Waals surface area contributed by atoms with Crippen LogP contribution in [-0.4, -0.2) is 18.9 Å². The first-order valence-electron chi connectivity index (χ1n) is 9.97. The number of methoxy groups -OCH3 is 1. The van der Waals surface area contributed by atoms with Crippen LogP contribution in [0, 0.1) is 0 Å². The SMILES string of the molecule is COc1ccc(C(C)NC(=O)c2ccc3c(c2)CC(=O)N3Cc2ccccc2)cc1. The predicted octanol–water partition coefficient (Wildman–Crippen LogP) is 4.28. The molecule has 1 N–H and O–H groups in total. The Kier molecular flexibility index (Phi) is 5.53. The van der Waals surface area contributed by atoms with Gasteiger partial charge in [-0.1, -0.05) is 42.5 Å². The number of nitrogens with zero attached hydrogens (tertiary/aromatic N) is 1. The van der Waals surface area contributed by atoms with Gasteiger partial charge in [-0.3, -0.25) is 9.59 Å². The summed E-state index contributed by atoms with van der Waals surface area (Å²) in [4.78, 5) is 27.1. The monoisotopic (exact) mass is 400 g/mol. The molecule has 0 fully saturated rings. The molecule has 1 aliphatic rings. The topological polar surface area (TPSA) is 58.6 Å². The fourth-order valence-corrected chi connectivity index (χ4v) is 3.72. The highest BCUT2D eigenvalue weighted by molar-refractivity contribution is 6.03. The molecule has 3 aromatic rings. The van der Waals surface area contributed by atoms with Gasteiger partial charge in [-0.2, -0.15) is 0 Å². The zero-order valence-corrected chi connectivity index (χ0v) is 17.1. The molecule has 0 aromatic heterocycles. The number of fused-ring (bicyclic) bond motifs is 1. The zero-order valence-electron chi connectivity index (χ0n) is 17.1. The first kappa shape index (κ1) is 19.7. The minimum absolute atomic E-state index is 0.0537. The van der Waals surface area contributed by atoms with Crippen molar-refractivity contribution in [2.24, 2.45) is 0 Å². The van der Waals surface area contributed by atoms with Crippen LogP contribution in [0.1, 0.15) is 40.0 Å². The van der Waals surface area contributed by atoms with Gasteiger partial charge in [-0.15, -0.1) is 0 Å². The number of hydrogen-bond acceptors (Lipinski definition) is 3. The fourth-order valence-electron chi connectivity index (χ4n) is 3.72. The lowest BCUT2D eigenvalue weighted by Crippen LogP contribution is -2.27. The van der Waals surface area contributed by atoms with E-state index in [2.05, 4.69) is 5.32 Å². The lowest BCUT2D eigenvalue weighted by molar-refractivity contribution is -0.117.